The van der Waals surface area contributed by atoms with Crippen molar-refractivity contribution in [1.82, 2.24) is 4.90 Å². The van der Waals surface area contributed by atoms with Crippen molar-refractivity contribution >= 4 is 5.91 Å². The van der Waals surface area contributed by atoms with Gasteiger partial charge < -0.3 is 15.4 Å². The number of amides is 1. The van der Waals surface area contributed by atoms with Crippen LogP contribution in [0.2, 0.25) is 0 Å². The van der Waals surface area contributed by atoms with Gasteiger partial charge in [0.1, 0.15) is 0 Å². The lowest BCUT2D eigenvalue weighted by atomic mass is 9.88. The van der Waals surface area contributed by atoms with Gasteiger partial charge in [-0.2, -0.15) is 0 Å². The van der Waals surface area contributed by atoms with Gasteiger partial charge in [0, 0.05) is 26.3 Å². The van der Waals surface area contributed by atoms with Gasteiger partial charge in [0.15, 0.2) is 0 Å². The fourth-order valence-corrected chi connectivity index (χ4v) is 3.24. The average Bonchev–Trinajstić information content (AvgIpc) is 3.30. The van der Waals surface area contributed by atoms with Crippen LogP contribution in [-0.2, 0) is 9.53 Å². The first-order valence-electron chi connectivity index (χ1n) is 8.27. The zero-order chi connectivity index (χ0) is 14.4. The van der Waals surface area contributed by atoms with E-state index in [1.54, 1.807) is 7.11 Å². The van der Waals surface area contributed by atoms with Gasteiger partial charge in [0.25, 0.3) is 0 Å². The second-order valence-electron chi connectivity index (χ2n) is 6.47. The first-order valence-corrected chi connectivity index (χ1v) is 8.27. The molecule has 2 N–H and O–H groups in total. The number of carbonyl (C=O) groups excluding carboxylic acids is 1. The molecule has 1 unspecified atom stereocenters. The van der Waals surface area contributed by atoms with Gasteiger partial charge >= 0.3 is 0 Å². The summed E-state index contributed by atoms with van der Waals surface area (Å²) in [4.78, 5) is 14.7. The third-order valence-electron chi connectivity index (χ3n) is 4.63. The Balaban J connectivity index is 1.81. The molecule has 1 atom stereocenters. The van der Waals surface area contributed by atoms with E-state index >= 15 is 0 Å². The zero-order valence-corrected chi connectivity index (χ0v) is 12.9. The summed E-state index contributed by atoms with van der Waals surface area (Å²) in [5.41, 5.74) is 6.08. The Bertz CT molecular complexity index is 299. The van der Waals surface area contributed by atoms with Crippen molar-refractivity contribution in [3.63, 3.8) is 0 Å². The van der Waals surface area contributed by atoms with E-state index in [1.807, 2.05) is 0 Å². The molecule has 0 aliphatic heterocycles. The molecule has 2 rings (SSSR count). The molecule has 4 heteroatoms. The normalized spacial score (nSPS) is 21.7. The van der Waals surface area contributed by atoms with Crippen LogP contribution in [0.1, 0.15) is 57.8 Å². The van der Waals surface area contributed by atoms with Crippen molar-refractivity contribution in [3.05, 3.63) is 0 Å². The van der Waals surface area contributed by atoms with E-state index < -0.39 is 0 Å². The minimum Gasteiger partial charge on any atom is -0.385 e. The van der Waals surface area contributed by atoms with E-state index in [9.17, 15) is 4.79 Å². The number of rotatable bonds is 8. The number of nitrogens with zero attached hydrogens (tertiary/aromatic N) is 1. The Labute approximate surface area is 123 Å². The first kappa shape index (κ1) is 15.8. The molecule has 0 aromatic carbocycles. The highest BCUT2D eigenvalue weighted by atomic mass is 16.5. The molecule has 0 bridgehead atoms. The third kappa shape index (κ3) is 4.74. The lowest BCUT2D eigenvalue weighted by Gasteiger charge is -2.31. The second-order valence-corrected chi connectivity index (χ2v) is 6.47. The molecule has 2 saturated carbocycles. The molecule has 2 aliphatic carbocycles. The Hall–Kier alpha value is -0.610. The number of methoxy groups -OCH3 is 1. The van der Waals surface area contributed by atoms with Crippen LogP contribution in [0.3, 0.4) is 0 Å². The Morgan fingerprint density at radius 1 is 1.25 bits per heavy atom. The third-order valence-corrected chi connectivity index (χ3v) is 4.63. The fraction of sp³-hybridized carbons (Fsp3) is 0.938. The van der Waals surface area contributed by atoms with Crippen LogP contribution in [0.25, 0.3) is 0 Å². The van der Waals surface area contributed by atoms with E-state index in [-0.39, 0.29) is 11.9 Å². The molecule has 0 heterocycles. The zero-order valence-electron chi connectivity index (χ0n) is 12.9. The second kappa shape index (κ2) is 7.99. The Morgan fingerprint density at radius 3 is 2.55 bits per heavy atom. The number of hydrogen-bond acceptors (Lipinski definition) is 3. The summed E-state index contributed by atoms with van der Waals surface area (Å²) in [5.74, 6) is 0.883. The Kier molecular flexibility index (Phi) is 6.30. The first-order chi connectivity index (χ1) is 9.72. The summed E-state index contributed by atoms with van der Waals surface area (Å²) in [6, 6.07) is 0.146. The van der Waals surface area contributed by atoms with Crippen LogP contribution in [0.4, 0.5) is 0 Å². The van der Waals surface area contributed by atoms with Crippen LogP contribution >= 0.6 is 0 Å². The van der Waals surface area contributed by atoms with E-state index in [4.69, 9.17) is 10.5 Å². The van der Waals surface area contributed by atoms with Crippen molar-refractivity contribution in [2.45, 2.75) is 69.9 Å². The maximum Gasteiger partial charge on any atom is 0.239 e. The minimum atomic E-state index is -0.339. The van der Waals surface area contributed by atoms with E-state index in [0.29, 0.717) is 18.6 Å². The smallest absolute Gasteiger partial charge is 0.239 e. The van der Waals surface area contributed by atoms with E-state index in [1.165, 1.54) is 44.9 Å². The fourth-order valence-electron chi connectivity index (χ4n) is 3.24. The van der Waals surface area contributed by atoms with Crippen molar-refractivity contribution in [2.24, 2.45) is 11.7 Å². The minimum absolute atomic E-state index is 0.175. The lowest BCUT2D eigenvalue weighted by Crippen LogP contribution is -2.47. The van der Waals surface area contributed by atoms with Crippen LogP contribution in [0.5, 0.6) is 0 Å². The summed E-state index contributed by atoms with van der Waals surface area (Å²) in [5, 5.41) is 0. The lowest BCUT2D eigenvalue weighted by molar-refractivity contribution is -0.134. The summed E-state index contributed by atoms with van der Waals surface area (Å²) >= 11 is 0. The monoisotopic (exact) mass is 282 g/mol. The summed E-state index contributed by atoms with van der Waals surface area (Å²) in [6.45, 7) is 1.63. The molecule has 0 aromatic rings. The highest BCUT2D eigenvalue weighted by molar-refractivity contribution is 5.82. The maximum atomic E-state index is 12.6. The predicted molar refractivity (Wildman–Crippen MR) is 80.4 cm³/mol. The van der Waals surface area contributed by atoms with Gasteiger partial charge in [0.2, 0.25) is 5.91 Å². The SMILES string of the molecule is COCCCC(N)C(=O)N(CC1CCCCC1)C1CC1. The van der Waals surface area contributed by atoms with E-state index in [0.717, 1.165) is 19.4 Å². The standard InChI is InChI=1S/C16H30N2O2/c1-20-11-5-8-15(17)16(19)18(14-9-10-14)12-13-6-3-2-4-7-13/h13-15H,2-12,17H2,1H3. The molecular weight excluding hydrogens is 252 g/mol. The van der Waals surface area contributed by atoms with Gasteiger partial charge in [-0.05, 0) is 44.4 Å². The van der Waals surface area contributed by atoms with Gasteiger partial charge in [0.05, 0.1) is 6.04 Å². The summed E-state index contributed by atoms with van der Waals surface area (Å²) in [6.07, 6.45) is 10.5. The molecule has 4 nitrogen and oxygen atoms in total. The van der Waals surface area contributed by atoms with Crippen molar-refractivity contribution in [2.75, 3.05) is 20.3 Å². The molecule has 20 heavy (non-hydrogen) atoms. The molecule has 2 aliphatic rings. The molecule has 0 aromatic heterocycles. The highest BCUT2D eigenvalue weighted by Crippen LogP contribution is 2.31. The molecular formula is C16H30N2O2. The molecule has 1 amide bonds. The topological polar surface area (TPSA) is 55.6 Å². The molecule has 2 fully saturated rings. The van der Waals surface area contributed by atoms with Crippen LogP contribution in [0, 0.1) is 5.92 Å². The number of carbonyl (C=O) groups is 1. The number of hydrogen-bond donors (Lipinski definition) is 1. The summed E-state index contributed by atoms with van der Waals surface area (Å²) in [7, 11) is 1.69. The molecule has 0 spiro atoms. The molecule has 0 saturated heterocycles. The van der Waals surface area contributed by atoms with Gasteiger partial charge in [-0.25, -0.2) is 0 Å². The molecule has 116 valence electrons. The van der Waals surface area contributed by atoms with Crippen molar-refractivity contribution < 1.29 is 9.53 Å². The van der Waals surface area contributed by atoms with Gasteiger partial charge in [-0.3, -0.25) is 4.79 Å². The Morgan fingerprint density at radius 2 is 1.95 bits per heavy atom. The van der Waals surface area contributed by atoms with Gasteiger partial charge in [-0.15, -0.1) is 0 Å². The largest absolute Gasteiger partial charge is 0.385 e. The van der Waals surface area contributed by atoms with Crippen LogP contribution in [-0.4, -0.2) is 43.2 Å². The maximum absolute atomic E-state index is 12.6. The van der Waals surface area contributed by atoms with Crippen molar-refractivity contribution in [3.8, 4) is 0 Å². The van der Waals surface area contributed by atoms with Crippen molar-refractivity contribution in [1.29, 1.82) is 0 Å². The van der Waals surface area contributed by atoms with E-state index in [2.05, 4.69) is 4.90 Å². The average molecular weight is 282 g/mol. The van der Waals surface area contributed by atoms with Crippen LogP contribution in [0.15, 0.2) is 0 Å². The number of nitrogens with two attached hydrogens (primary N) is 1. The summed E-state index contributed by atoms with van der Waals surface area (Å²) < 4.78 is 5.03. The quantitative estimate of drug-likeness (QED) is 0.695. The van der Waals surface area contributed by atoms with Crippen LogP contribution < -0.4 is 5.73 Å². The predicted octanol–water partition coefficient (Wildman–Crippen LogP) is 2.31. The highest BCUT2D eigenvalue weighted by Gasteiger charge is 2.35. The van der Waals surface area contributed by atoms with Gasteiger partial charge in [-0.1, -0.05) is 19.3 Å². The number of ether oxygens (including phenoxy) is 1. The molecule has 0 radical (unpaired) electrons.